The molecule has 1 aliphatic carbocycles. The Morgan fingerprint density at radius 1 is 1.30 bits per heavy atom. The molecule has 2 heterocycles. The summed E-state index contributed by atoms with van der Waals surface area (Å²) in [6.07, 6.45) is 7.43. The monoisotopic (exact) mass is 317 g/mol. The molecule has 23 heavy (non-hydrogen) atoms. The molecule has 1 aliphatic rings. The van der Waals surface area contributed by atoms with E-state index in [-0.39, 0.29) is 5.78 Å². The fourth-order valence-electron chi connectivity index (χ4n) is 3.41. The van der Waals surface area contributed by atoms with Gasteiger partial charge >= 0.3 is 0 Å². The third-order valence-corrected chi connectivity index (χ3v) is 4.64. The second-order valence-corrected chi connectivity index (χ2v) is 6.48. The third-order valence-electron chi connectivity index (χ3n) is 4.64. The molecule has 1 fully saturated rings. The maximum Gasteiger partial charge on any atom is 0.232 e. The Bertz CT molecular complexity index is 715. The van der Waals surface area contributed by atoms with E-state index >= 15 is 0 Å². The van der Waals surface area contributed by atoms with Crippen LogP contribution in [0.15, 0.2) is 10.7 Å². The van der Waals surface area contributed by atoms with E-state index in [1.54, 1.807) is 6.92 Å². The number of aliphatic hydroxyl groups is 1. The van der Waals surface area contributed by atoms with Crippen molar-refractivity contribution in [1.29, 1.82) is 0 Å². The Labute approximate surface area is 135 Å². The molecule has 2 aromatic heterocycles. The highest BCUT2D eigenvalue weighted by atomic mass is 16.3. The molecule has 0 aliphatic heterocycles. The van der Waals surface area contributed by atoms with Crippen molar-refractivity contribution in [3.8, 4) is 0 Å². The van der Waals surface area contributed by atoms with Crippen LogP contribution in [0.1, 0.15) is 61.6 Å². The van der Waals surface area contributed by atoms with Crippen LogP contribution in [0.2, 0.25) is 0 Å². The van der Waals surface area contributed by atoms with Crippen LogP contribution in [0.25, 0.3) is 11.1 Å². The Balaban J connectivity index is 1.89. The van der Waals surface area contributed by atoms with Gasteiger partial charge in [0.25, 0.3) is 0 Å². The van der Waals surface area contributed by atoms with Crippen molar-refractivity contribution in [3.05, 3.63) is 17.7 Å². The zero-order valence-electron chi connectivity index (χ0n) is 13.7. The number of Topliss-reactive ketones (excluding diaryl/α,β-unsaturated/α-hetero) is 1. The van der Waals surface area contributed by atoms with Crippen molar-refractivity contribution in [2.75, 3.05) is 11.9 Å². The van der Waals surface area contributed by atoms with Crippen LogP contribution in [0.4, 0.5) is 5.82 Å². The first kappa shape index (κ1) is 15.9. The van der Waals surface area contributed by atoms with Crippen molar-refractivity contribution in [3.63, 3.8) is 0 Å². The molecule has 0 saturated heterocycles. The van der Waals surface area contributed by atoms with Crippen molar-refractivity contribution >= 4 is 22.7 Å². The maximum atomic E-state index is 11.9. The predicted molar refractivity (Wildman–Crippen MR) is 87.7 cm³/mol. The number of carbonyl (C=O) groups excluding carboxylic acids is 1. The van der Waals surface area contributed by atoms with E-state index in [1.165, 1.54) is 26.1 Å². The number of nitrogens with one attached hydrogen (secondary N) is 1. The molecule has 0 radical (unpaired) electrons. The highest BCUT2D eigenvalue weighted by molar-refractivity contribution is 6.09. The number of rotatable bonds is 4. The topological polar surface area (TPSA) is 88.2 Å². The molecule has 3 rings (SSSR count). The van der Waals surface area contributed by atoms with Gasteiger partial charge in [-0.25, -0.2) is 9.97 Å². The Morgan fingerprint density at radius 2 is 2.00 bits per heavy atom. The van der Waals surface area contributed by atoms with E-state index in [0.717, 1.165) is 25.7 Å². The Hall–Kier alpha value is -1.95. The first-order chi connectivity index (χ1) is 11.0. The van der Waals surface area contributed by atoms with Gasteiger partial charge in [0.2, 0.25) is 5.71 Å². The van der Waals surface area contributed by atoms with E-state index in [1.807, 2.05) is 0 Å². The number of carbonyl (C=O) groups is 1. The van der Waals surface area contributed by atoms with E-state index in [0.29, 0.717) is 34.8 Å². The lowest BCUT2D eigenvalue weighted by atomic mass is 9.94. The number of anilines is 1. The smallest absolute Gasteiger partial charge is 0.232 e. The molecule has 6 nitrogen and oxygen atoms in total. The van der Waals surface area contributed by atoms with E-state index < -0.39 is 5.60 Å². The van der Waals surface area contributed by atoms with Gasteiger partial charge in [0, 0.05) is 6.54 Å². The average Bonchev–Trinajstić information content (AvgIpc) is 2.70. The molecule has 0 spiro atoms. The predicted octanol–water partition coefficient (Wildman–Crippen LogP) is 3.23. The summed E-state index contributed by atoms with van der Waals surface area (Å²) in [7, 11) is 0. The molecular weight excluding hydrogens is 294 g/mol. The molecule has 0 atom stereocenters. The quantitative estimate of drug-likeness (QED) is 0.665. The zero-order valence-corrected chi connectivity index (χ0v) is 13.7. The number of hydrogen-bond donors (Lipinski definition) is 2. The van der Waals surface area contributed by atoms with Crippen LogP contribution in [-0.4, -0.2) is 33.0 Å². The summed E-state index contributed by atoms with van der Waals surface area (Å²) in [6.45, 7) is 3.68. The van der Waals surface area contributed by atoms with Gasteiger partial charge in [0.1, 0.15) is 17.9 Å². The van der Waals surface area contributed by atoms with Crippen molar-refractivity contribution in [2.24, 2.45) is 0 Å². The molecule has 0 unspecified atom stereocenters. The van der Waals surface area contributed by atoms with E-state index in [2.05, 4.69) is 15.3 Å². The fraction of sp³-hybridized carbons (Fsp3) is 0.588. The highest BCUT2D eigenvalue weighted by Crippen LogP contribution is 2.31. The number of furan rings is 1. The first-order valence-electron chi connectivity index (χ1n) is 8.21. The molecule has 2 N–H and O–H groups in total. The van der Waals surface area contributed by atoms with Gasteiger partial charge in [-0.2, -0.15) is 0 Å². The number of fused-ring (bicyclic) bond motifs is 1. The van der Waals surface area contributed by atoms with Crippen LogP contribution in [0, 0.1) is 6.92 Å². The van der Waals surface area contributed by atoms with Gasteiger partial charge in [0.05, 0.1) is 16.6 Å². The van der Waals surface area contributed by atoms with Gasteiger partial charge < -0.3 is 14.8 Å². The van der Waals surface area contributed by atoms with Crippen LogP contribution in [-0.2, 0) is 0 Å². The van der Waals surface area contributed by atoms with Gasteiger partial charge in [-0.1, -0.05) is 25.7 Å². The molecule has 6 heteroatoms. The summed E-state index contributed by atoms with van der Waals surface area (Å²) in [5.41, 5.74) is 0.192. The van der Waals surface area contributed by atoms with E-state index in [4.69, 9.17) is 4.42 Å². The van der Waals surface area contributed by atoms with Crippen LogP contribution < -0.4 is 5.32 Å². The maximum absolute atomic E-state index is 11.9. The lowest BCUT2D eigenvalue weighted by Crippen LogP contribution is -2.36. The molecule has 0 bridgehead atoms. The molecule has 0 aromatic carbocycles. The summed E-state index contributed by atoms with van der Waals surface area (Å²) in [5, 5.41) is 14.6. The number of nitrogens with zero attached hydrogens (tertiary/aromatic N) is 2. The Kier molecular flexibility index (Phi) is 4.35. The van der Waals surface area contributed by atoms with Gasteiger partial charge in [-0.3, -0.25) is 4.79 Å². The number of ketones is 1. The first-order valence-corrected chi connectivity index (χ1v) is 8.21. The summed E-state index contributed by atoms with van der Waals surface area (Å²) in [4.78, 5) is 20.3. The van der Waals surface area contributed by atoms with Gasteiger partial charge in [0.15, 0.2) is 5.78 Å². The van der Waals surface area contributed by atoms with Gasteiger partial charge in [-0.05, 0) is 26.7 Å². The highest BCUT2D eigenvalue weighted by Gasteiger charge is 2.28. The summed E-state index contributed by atoms with van der Waals surface area (Å²) in [5.74, 6) is 1.02. The normalized spacial score (nSPS) is 17.9. The molecule has 124 valence electrons. The minimum absolute atomic E-state index is 0.0766. The molecule has 2 aromatic rings. The summed E-state index contributed by atoms with van der Waals surface area (Å²) < 4.78 is 5.56. The third kappa shape index (κ3) is 3.22. The zero-order chi connectivity index (χ0) is 16.4. The largest absolute Gasteiger partial charge is 0.442 e. The minimum Gasteiger partial charge on any atom is -0.442 e. The lowest BCUT2D eigenvalue weighted by Gasteiger charge is -2.27. The Morgan fingerprint density at radius 3 is 2.65 bits per heavy atom. The van der Waals surface area contributed by atoms with Crippen molar-refractivity contribution < 1.29 is 14.3 Å². The van der Waals surface area contributed by atoms with Crippen LogP contribution >= 0.6 is 0 Å². The lowest BCUT2D eigenvalue weighted by molar-refractivity contribution is 0.0381. The second kappa shape index (κ2) is 6.28. The summed E-state index contributed by atoms with van der Waals surface area (Å²) >= 11 is 0. The van der Waals surface area contributed by atoms with Crippen LogP contribution in [0.3, 0.4) is 0 Å². The van der Waals surface area contributed by atoms with Crippen molar-refractivity contribution in [1.82, 2.24) is 9.97 Å². The number of aromatic nitrogens is 2. The molecule has 0 amide bonds. The SMILES string of the molecule is CC(=O)c1c(C)oc2ncnc(NCC3(O)CCCCCC3)c12. The standard InChI is InChI=1S/C17H23N3O3/c1-11(21)13-12(2)23-16-14(13)15(19-10-20-16)18-9-17(22)7-5-3-4-6-8-17/h10,22H,3-9H2,1-2H3,(H,18,19,20). The summed E-state index contributed by atoms with van der Waals surface area (Å²) in [6, 6.07) is 0. The van der Waals surface area contributed by atoms with Gasteiger partial charge in [-0.15, -0.1) is 0 Å². The van der Waals surface area contributed by atoms with E-state index in [9.17, 15) is 9.90 Å². The average molecular weight is 317 g/mol. The number of aryl methyl sites for hydroxylation is 1. The fourth-order valence-corrected chi connectivity index (χ4v) is 3.41. The molecular formula is C17H23N3O3. The number of hydrogen-bond acceptors (Lipinski definition) is 6. The second-order valence-electron chi connectivity index (χ2n) is 6.48. The molecule has 1 saturated carbocycles. The minimum atomic E-state index is -0.719. The van der Waals surface area contributed by atoms with Crippen molar-refractivity contribution in [2.45, 2.75) is 58.0 Å². The van der Waals surface area contributed by atoms with Crippen LogP contribution in [0.5, 0.6) is 0 Å².